The summed E-state index contributed by atoms with van der Waals surface area (Å²) in [4.78, 5) is 11.6. The normalized spacial score (nSPS) is 27.7. The lowest BCUT2D eigenvalue weighted by Gasteiger charge is -2.25. The number of primary amides is 1. The van der Waals surface area contributed by atoms with Crippen molar-refractivity contribution in [2.45, 2.75) is 51.6 Å². The largest absolute Gasteiger partial charge is 0.368 e. The molecular formula is C13H22N4O. The summed E-state index contributed by atoms with van der Waals surface area (Å²) in [5, 5.41) is 7.69. The molecule has 5 heteroatoms. The lowest BCUT2D eigenvalue weighted by atomic mass is 9.97. The monoisotopic (exact) mass is 250 g/mol. The van der Waals surface area contributed by atoms with Crippen molar-refractivity contribution in [3.8, 4) is 0 Å². The fourth-order valence-corrected chi connectivity index (χ4v) is 2.90. The highest BCUT2D eigenvalue weighted by Gasteiger charge is 2.44. The molecule has 5 nitrogen and oxygen atoms in total. The van der Waals surface area contributed by atoms with Gasteiger partial charge in [0.25, 0.3) is 0 Å². The Balaban J connectivity index is 2.28. The van der Waals surface area contributed by atoms with Crippen LogP contribution in [0.25, 0.3) is 0 Å². The van der Waals surface area contributed by atoms with Gasteiger partial charge in [-0.05, 0) is 52.6 Å². The number of hydrogen-bond acceptors (Lipinski definition) is 3. The minimum Gasteiger partial charge on any atom is -0.368 e. The molecule has 1 aromatic rings. The molecule has 1 fully saturated rings. The molecule has 2 unspecified atom stereocenters. The van der Waals surface area contributed by atoms with Crippen LogP contribution in [-0.4, -0.2) is 28.3 Å². The van der Waals surface area contributed by atoms with E-state index in [1.165, 1.54) is 11.3 Å². The maximum absolute atomic E-state index is 11.6. The molecule has 100 valence electrons. The Bertz CT molecular complexity index is 480. The molecule has 0 saturated heterocycles. The summed E-state index contributed by atoms with van der Waals surface area (Å²) >= 11 is 0. The smallest absolute Gasteiger partial charge is 0.237 e. The summed E-state index contributed by atoms with van der Waals surface area (Å²) in [6, 6.07) is 0.261. The molecule has 0 aromatic carbocycles. The van der Waals surface area contributed by atoms with Gasteiger partial charge < -0.3 is 11.1 Å². The van der Waals surface area contributed by atoms with Crippen molar-refractivity contribution >= 4 is 5.91 Å². The zero-order valence-corrected chi connectivity index (χ0v) is 11.6. The van der Waals surface area contributed by atoms with Crippen molar-refractivity contribution in [3.05, 3.63) is 17.0 Å². The molecule has 1 aromatic heterocycles. The first-order valence-corrected chi connectivity index (χ1v) is 6.42. The Morgan fingerprint density at radius 1 is 1.50 bits per heavy atom. The lowest BCUT2D eigenvalue weighted by molar-refractivity contribution is -0.124. The molecule has 1 aliphatic carbocycles. The summed E-state index contributed by atoms with van der Waals surface area (Å²) in [7, 11) is 1.81. The number of rotatable bonds is 3. The van der Waals surface area contributed by atoms with E-state index in [0.717, 1.165) is 25.0 Å². The molecule has 0 bridgehead atoms. The number of nitrogens with two attached hydrogens (primary N) is 1. The molecule has 0 spiro atoms. The number of carbonyl (C=O) groups is 1. The van der Waals surface area contributed by atoms with Crippen LogP contribution in [-0.2, 0) is 4.79 Å². The van der Waals surface area contributed by atoms with Gasteiger partial charge in [-0.3, -0.25) is 9.48 Å². The van der Waals surface area contributed by atoms with Crippen molar-refractivity contribution < 1.29 is 4.79 Å². The van der Waals surface area contributed by atoms with E-state index in [2.05, 4.69) is 28.9 Å². The predicted molar refractivity (Wildman–Crippen MR) is 70.3 cm³/mol. The van der Waals surface area contributed by atoms with E-state index >= 15 is 0 Å². The number of hydrogen-bond donors (Lipinski definition) is 2. The second-order valence-corrected chi connectivity index (χ2v) is 5.33. The average molecular weight is 250 g/mol. The first-order chi connectivity index (χ1) is 8.41. The molecule has 1 heterocycles. The van der Waals surface area contributed by atoms with Crippen LogP contribution in [0.15, 0.2) is 0 Å². The van der Waals surface area contributed by atoms with Crippen LogP contribution in [0.4, 0.5) is 0 Å². The van der Waals surface area contributed by atoms with Gasteiger partial charge in [-0.1, -0.05) is 0 Å². The Hall–Kier alpha value is -1.36. The van der Waals surface area contributed by atoms with E-state index in [4.69, 9.17) is 5.73 Å². The Kier molecular flexibility index (Phi) is 3.19. The second-order valence-electron chi connectivity index (χ2n) is 5.33. The van der Waals surface area contributed by atoms with Crippen LogP contribution in [0.3, 0.4) is 0 Å². The molecule has 0 aliphatic heterocycles. The van der Waals surface area contributed by atoms with Crippen LogP contribution in [0.5, 0.6) is 0 Å². The highest BCUT2D eigenvalue weighted by molar-refractivity contribution is 5.85. The summed E-state index contributed by atoms with van der Waals surface area (Å²) in [6.07, 6.45) is 2.44. The van der Waals surface area contributed by atoms with Crippen molar-refractivity contribution in [1.82, 2.24) is 15.1 Å². The molecule has 3 N–H and O–H groups in total. The zero-order valence-electron chi connectivity index (χ0n) is 11.6. The Morgan fingerprint density at radius 3 is 2.56 bits per heavy atom. The van der Waals surface area contributed by atoms with Crippen LogP contribution in [0, 0.1) is 20.8 Å². The minimum absolute atomic E-state index is 0.259. The zero-order chi connectivity index (χ0) is 13.5. The predicted octanol–water partition coefficient (Wildman–Crippen LogP) is 0.977. The summed E-state index contributed by atoms with van der Waals surface area (Å²) in [6.45, 7) is 6.19. The molecule has 1 saturated carbocycles. The van der Waals surface area contributed by atoms with E-state index in [-0.39, 0.29) is 11.9 Å². The second kappa shape index (κ2) is 4.39. The van der Waals surface area contributed by atoms with Crippen molar-refractivity contribution in [1.29, 1.82) is 0 Å². The van der Waals surface area contributed by atoms with Crippen molar-refractivity contribution in [2.24, 2.45) is 5.73 Å². The third kappa shape index (κ3) is 1.82. The van der Waals surface area contributed by atoms with Gasteiger partial charge in [0.15, 0.2) is 0 Å². The standard InChI is InChI=1S/C13H22N4O/c1-8-9(2)16-17(10(8)3)11-5-6-13(7-11,15-4)12(14)18/h11,15H,5-7H2,1-4H3,(H2,14,18). The van der Waals surface area contributed by atoms with Crippen LogP contribution < -0.4 is 11.1 Å². The molecule has 2 atom stereocenters. The molecule has 18 heavy (non-hydrogen) atoms. The van der Waals surface area contributed by atoms with Crippen LogP contribution in [0.1, 0.15) is 42.3 Å². The molecule has 1 aliphatic rings. The van der Waals surface area contributed by atoms with Gasteiger partial charge in [0.2, 0.25) is 5.91 Å². The summed E-state index contributed by atoms with van der Waals surface area (Å²) in [5.41, 5.74) is 8.45. The van der Waals surface area contributed by atoms with Crippen molar-refractivity contribution in [2.75, 3.05) is 7.05 Å². The molecule has 0 radical (unpaired) electrons. The maximum Gasteiger partial charge on any atom is 0.237 e. The molecular weight excluding hydrogens is 228 g/mol. The van der Waals surface area contributed by atoms with Gasteiger partial charge in [0, 0.05) is 5.69 Å². The number of carbonyl (C=O) groups excluding carboxylic acids is 1. The van der Waals surface area contributed by atoms with Gasteiger partial charge in [-0.2, -0.15) is 5.10 Å². The first-order valence-electron chi connectivity index (χ1n) is 6.42. The molecule has 1 amide bonds. The number of aryl methyl sites for hydroxylation is 1. The summed E-state index contributed by atoms with van der Waals surface area (Å²) < 4.78 is 2.06. The lowest BCUT2D eigenvalue weighted by Crippen LogP contribution is -2.52. The van der Waals surface area contributed by atoms with Crippen LogP contribution >= 0.6 is 0 Å². The van der Waals surface area contributed by atoms with E-state index in [9.17, 15) is 4.79 Å². The van der Waals surface area contributed by atoms with Gasteiger partial charge >= 0.3 is 0 Å². The third-order valence-corrected chi connectivity index (χ3v) is 4.47. The first kappa shape index (κ1) is 13.1. The van der Waals surface area contributed by atoms with E-state index < -0.39 is 5.54 Å². The number of likely N-dealkylation sites (N-methyl/N-ethyl adjacent to an activating group) is 1. The number of nitrogens with one attached hydrogen (secondary N) is 1. The Morgan fingerprint density at radius 2 is 2.17 bits per heavy atom. The fourth-order valence-electron chi connectivity index (χ4n) is 2.90. The number of aromatic nitrogens is 2. The highest BCUT2D eigenvalue weighted by Crippen LogP contribution is 2.38. The van der Waals surface area contributed by atoms with Gasteiger partial charge in [-0.15, -0.1) is 0 Å². The fraction of sp³-hybridized carbons (Fsp3) is 0.692. The van der Waals surface area contributed by atoms with Crippen LogP contribution in [0.2, 0.25) is 0 Å². The van der Waals surface area contributed by atoms with Gasteiger partial charge in [0.05, 0.1) is 17.3 Å². The van der Waals surface area contributed by atoms with Gasteiger partial charge in [0.1, 0.15) is 0 Å². The van der Waals surface area contributed by atoms with E-state index in [0.29, 0.717) is 0 Å². The quantitative estimate of drug-likeness (QED) is 0.839. The minimum atomic E-state index is -0.565. The Labute approximate surface area is 108 Å². The van der Waals surface area contributed by atoms with Crippen molar-refractivity contribution in [3.63, 3.8) is 0 Å². The average Bonchev–Trinajstić information content (AvgIpc) is 2.88. The third-order valence-electron chi connectivity index (χ3n) is 4.47. The molecule has 2 rings (SSSR count). The number of amides is 1. The maximum atomic E-state index is 11.6. The summed E-state index contributed by atoms with van der Waals surface area (Å²) in [5.74, 6) is -0.259. The highest BCUT2D eigenvalue weighted by atomic mass is 16.1. The van der Waals surface area contributed by atoms with E-state index in [1.54, 1.807) is 7.05 Å². The number of nitrogens with zero attached hydrogens (tertiary/aromatic N) is 2. The van der Waals surface area contributed by atoms with E-state index in [1.807, 2.05) is 6.92 Å². The van der Waals surface area contributed by atoms with Gasteiger partial charge in [-0.25, -0.2) is 0 Å². The SMILES string of the molecule is CNC1(C(N)=O)CCC(n2nc(C)c(C)c2C)C1. The topological polar surface area (TPSA) is 72.9 Å².